The first-order chi connectivity index (χ1) is 11.2. The lowest BCUT2D eigenvalue weighted by Gasteiger charge is -2.31. The van der Waals surface area contributed by atoms with Crippen LogP contribution in [0.5, 0.6) is 0 Å². The number of nitrogens with one attached hydrogen (secondary N) is 2. The molecule has 126 valence electrons. The quantitative estimate of drug-likeness (QED) is 0.805. The third-order valence-electron chi connectivity index (χ3n) is 4.42. The topological polar surface area (TPSA) is 36.5 Å². The maximum atomic E-state index is 6.18. The minimum absolute atomic E-state index is 0.274. The molecule has 23 heavy (non-hydrogen) atoms. The maximum absolute atomic E-state index is 6.18. The van der Waals surface area contributed by atoms with E-state index in [0.717, 1.165) is 49.8 Å². The number of benzene rings is 1. The Balaban J connectivity index is 1.63. The second-order valence-corrected chi connectivity index (χ2v) is 7.02. The number of nitrogens with zero attached hydrogens (tertiary/aromatic N) is 1. The van der Waals surface area contributed by atoms with Gasteiger partial charge in [0.15, 0.2) is 5.11 Å². The molecule has 0 aliphatic carbocycles. The number of thiocarbonyl (C=S) groups is 1. The molecule has 2 N–H and O–H groups in total. The Morgan fingerprint density at radius 2 is 2.09 bits per heavy atom. The molecule has 0 saturated carbocycles. The molecule has 0 radical (unpaired) electrons. The fourth-order valence-electron chi connectivity index (χ4n) is 3.20. The highest BCUT2D eigenvalue weighted by Crippen LogP contribution is 2.31. The molecule has 0 aromatic heterocycles. The van der Waals surface area contributed by atoms with E-state index < -0.39 is 0 Å². The Kier molecular flexibility index (Phi) is 5.97. The molecule has 1 aromatic rings. The molecule has 0 unspecified atom stereocenters. The van der Waals surface area contributed by atoms with Gasteiger partial charge in [-0.25, -0.2) is 0 Å². The Bertz CT molecular complexity index is 543. The largest absolute Gasteiger partial charge is 0.376 e. The highest BCUT2D eigenvalue weighted by atomic mass is 35.5. The van der Waals surface area contributed by atoms with Gasteiger partial charge in [0.05, 0.1) is 17.5 Å². The number of hydrogen-bond donors (Lipinski definition) is 2. The molecule has 2 fully saturated rings. The van der Waals surface area contributed by atoms with Crippen LogP contribution < -0.4 is 15.5 Å². The summed E-state index contributed by atoms with van der Waals surface area (Å²) < 4.78 is 5.61. The van der Waals surface area contributed by atoms with Crippen molar-refractivity contribution in [3.8, 4) is 0 Å². The van der Waals surface area contributed by atoms with Crippen LogP contribution in [0.3, 0.4) is 0 Å². The summed E-state index contributed by atoms with van der Waals surface area (Å²) in [4.78, 5) is 2.41. The van der Waals surface area contributed by atoms with Gasteiger partial charge >= 0.3 is 0 Å². The third-order valence-corrected chi connectivity index (χ3v) is 4.90. The Hall–Kier alpha value is -1.04. The molecule has 1 atom stereocenters. The zero-order valence-electron chi connectivity index (χ0n) is 13.3. The van der Waals surface area contributed by atoms with Gasteiger partial charge in [0, 0.05) is 31.3 Å². The number of hydrogen-bond acceptors (Lipinski definition) is 3. The molecule has 0 bridgehead atoms. The SMILES string of the molecule is S=C(NC[C@@H]1CCCO1)Nc1cc(Cl)ccc1N1CCCCC1. The zero-order chi connectivity index (χ0) is 16.1. The minimum Gasteiger partial charge on any atom is -0.376 e. The molecule has 6 heteroatoms. The summed E-state index contributed by atoms with van der Waals surface area (Å²) in [7, 11) is 0. The van der Waals surface area contributed by atoms with Gasteiger partial charge in [-0.05, 0) is 62.5 Å². The standard InChI is InChI=1S/C17H24ClN3OS/c18-13-6-7-16(21-8-2-1-3-9-21)15(11-13)20-17(23)19-12-14-5-4-10-22-14/h6-7,11,14H,1-5,8-10,12H2,(H2,19,20,23)/t14-/m0/s1. The van der Waals surface area contributed by atoms with E-state index in [9.17, 15) is 0 Å². The van der Waals surface area contributed by atoms with Gasteiger partial charge in [-0.15, -0.1) is 0 Å². The van der Waals surface area contributed by atoms with Gasteiger partial charge in [-0.2, -0.15) is 0 Å². The van der Waals surface area contributed by atoms with Gasteiger partial charge in [0.2, 0.25) is 0 Å². The van der Waals surface area contributed by atoms with Crippen LogP contribution in [0.2, 0.25) is 5.02 Å². The van der Waals surface area contributed by atoms with Gasteiger partial charge in [0.1, 0.15) is 0 Å². The molecule has 0 amide bonds. The smallest absolute Gasteiger partial charge is 0.170 e. The molecule has 3 rings (SSSR count). The van der Waals surface area contributed by atoms with E-state index in [0.29, 0.717) is 5.11 Å². The summed E-state index contributed by atoms with van der Waals surface area (Å²) in [5.74, 6) is 0. The molecule has 2 aliphatic rings. The van der Waals surface area contributed by atoms with Gasteiger partial charge in [-0.1, -0.05) is 11.6 Å². The van der Waals surface area contributed by atoms with E-state index in [1.807, 2.05) is 12.1 Å². The van der Waals surface area contributed by atoms with Crippen LogP contribution in [0.15, 0.2) is 18.2 Å². The minimum atomic E-state index is 0.274. The highest BCUT2D eigenvalue weighted by molar-refractivity contribution is 7.80. The predicted molar refractivity (Wildman–Crippen MR) is 101 cm³/mol. The molecular formula is C17H24ClN3OS. The Morgan fingerprint density at radius 3 is 2.83 bits per heavy atom. The average Bonchev–Trinajstić information content (AvgIpc) is 3.07. The van der Waals surface area contributed by atoms with E-state index in [2.05, 4.69) is 21.6 Å². The van der Waals surface area contributed by atoms with Crippen LogP contribution in [-0.2, 0) is 4.74 Å². The summed E-state index contributed by atoms with van der Waals surface area (Å²) in [6.45, 7) is 3.80. The third kappa shape index (κ3) is 4.72. The van der Waals surface area contributed by atoms with Crippen LogP contribution in [0.1, 0.15) is 32.1 Å². The van der Waals surface area contributed by atoms with E-state index >= 15 is 0 Å². The van der Waals surface area contributed by atoms with Crippen molar-refractivity contribution in [2.45, 2.75) is 38.2 Å². The van der Waals surface area contributed by atoms with Crippen molar-refractivity contribution in [1.82, 2.24) is 5.32 Å². The molecular weight excluding hydrogens is 330 g/mol. The summed E-state index contributed by atoms with van der Waals surface area (Å²) in [6, 6.07) is 5.98. The van der Waals surface area contributed by atoms with Crippen molar-refractivity contribution in [2.75, 3.05) is 36.5 Å². The van der Waals surface area contributed by atoms with Crippen LogP contribution in [0.4, 0.5) is 11.4 Å². The van der Waals surface area contributed by atoms with E-state index in [1.165, 1.54) is 24.9 Å². The number of ether oxygens (including phenoxy) is 1. The van der Waals surface area contributed by atoms with E-state index in [-0.39, 0.29) is 6.10 Å². The van der Waals surface area contributed by atoms with E-state index in [4.69, 9.17) is 28.6 Å². The van der Waals surface area contributed by atoms with Crippen LogP contribution in [0, 0.1) is 0 Å². The first-order valence-electron chi connectivity index (χ1n) is 8.43. The lowest BCUT2D eigenvalue weighted by molar-refractivity contribution is 0.114. The summed E-state index contributed by atoms with van der Waals surface area (Å²) in [5, 5.41) is 7.91. The summed E-state index contributed by atoms with van der Waals surface area (Å²) in [6.07, 6.45) is 6.31. The first kappa shape index (κ1) is 16.8. The number of halogens is 1. The van der Waals surface area contributed by atoms with Crippen molar-refractivity contribution in [3.63, 3.8) is 0 Å². The fraction of sp³-hybridized carbons (Fsp3) is 0.588. The van der Waals surface area contributed by atoms with Crippen LogP contribution >= 0.6 is 23.8 Å². The molecule has 2 aliphatic heterocycles. The second kappa shape index (κ2) is 8.18. The summed E-state index contributed by atoms with van der Waals surface area (Å²) >= 11 is 11.6. The van der Waals surface area contributed by atoms with E-state index in [1.54, 1.807) is 0 Å². The molecule has 2 saturated heterocycles. The average molecular weight is 354 g/mol. The number of piperidine rings is 1. The number of rotatable bonds is 4. The van der Waals surface area contributed by atoms with Gasteiger partial charge < -0.3 is 20.3 Å². The van der Waals surface area contributed by atoms with Crippen molar-refractivity contribution in [3.05, 3.63) is 23.2 Å². The Morgan fingerprint density at radius 1 is 1.26 bits per heavy atom. The lowest BCUT2D eigenvalue weighted by atomic mass is 10.1. The lowest BCUT2D eigenvalue weighted by Crippen LogP contribution is -2.36. The highest BCUT2D eigenvalue weighted by Gasteiger charge is 2.17. The molecule has 2 heterocycles. The van der Waals surface area contributed by atoms with Gasteiger partial charge in [-0.3, -0.25) is 0 Å². The normalized spacial score (nSPS) is 21.3. The number of anilines is 2. The van der Waals surface area contributed by atoms with Crippen LogP contribution in [0.25, 0.3) is 0 Å². The first-order valence-corrected chi connectivity index (χ1v) is 9.22. The van der Waals surface area contributed by atoms with Crippen molar-refractivity contribution in [1.29, 1.82) is 0 Å². The maximum Gasteiger partial charge on any atom is 0.170 e. The molecule has 0 spiro atoms. The van der Waals surface area contributed by atoms with Crippen molar-refractivity contribution in [2.24, 2.45) is 0 Å². The zero-order valence-corrected chi connectivity index (χ0v) is 14.9. The molecule has 1 aromatic carbocycles. The predicted octanol–water partition coefficient (Wildman–Crippen LogP) is 3.80. The van der Waals surface area contributed by atoms with Gasteiger partial charge in [0.25, 0.3) is 0 Å². The van der Waals surface area contributed by atoms with Crippen molar-refractivity contribution < 1.29 is 4.74 Å². The monoisotopic (exact) mass is 353 g/mol. The second-order valence-electron chi connectivity index (χ2n) is 6.18. The van der Waals surface area contributed by atoms with Crippen molar-refractivity contribution >= 4 is 40.3 Å². The summed E-state index contributed by atoms with van der Waals surface area (Å²) in [5.41, 5.74) is 2.15. The Labute approximate surface area is 148 Å². The van der Waals surface area contributed by atoms with Crippen LogP contribution in [-0.4, -0.2) is 37.5 Å². The fourth-order valence-corrected chi connectivity index (χ4v) is 3.56. The molecule has 4 nitrogen and oxygen atoms in total.